The van der Waals surface area contributed by atoms with E-state index < -0.39 is 24.3 Å². The second kappa shape index (κ2) is 77.3. The number of aliphatic carboxylic acids is 1. The Kier molecular flexibility index (Phi) is 75.2. The molecule has 0 aromatic carbocycles. The van der Waals surface area contributed by atoms with Crippen LogP contribution < -0.4 is 5.11 Å². The van der Waals surface area contributed by atoms with Crippen LogP contribution in [0.3, 0.4) is 0 Å². The third kappa shape index (κ3) is 78.7. The Morgan fingerprint density at radius 1 is 0.316 bits per heavy atom. The van der Waals surface area contributed by atoms with Crippen LogP contribution in [0.15, 0.2) is 36.5 Å². The van der Waals surface area contributed by atoms with Crippen molar-refractivity contribution < 1.29 is 42.9 Å². The SMILES string of the molecule is CCCCCCC/C=C\C/C=C\C/C=C\CCCCCCCCCCCCCCCCCCCCC(=O)OC(COC(=O)CCCCCCCCCCCCCCCCCCCCCCCCCCCCCCCCCCCCCCC)COC(OCC[N+](C)(C)C)C(=O)[O-]. The number of esters is 2. The molecular weight excluding hydrogens is 1170 g/mol. The summed E-state index contributed by atoms with van der Waals surface area (Å²) in [4.78, 5) is 37.6. The number of carboxylic acids is 1. The summed E-state index contributed by atoms with van der Waals surface area (Å²) in [5.74, 6) is -2.25. The average Bonchev–Trinajstić information content (AvgIpc) is 3.75. The van der Waals surface area contributed by atoms with Crippen molar-refractivity contribution in [2.45, 2.75) is 450 Å². The highest BCUT2D eigenvalue weighted by molar-refractivity contribution is 5.70. The zero-order valence-corrected chi connectivity index (χ0v) is 64.3. The van der Waals surface area contributed by atoms with Crippen molar-refractivity contribution in [3.63, 3.8) is 0 Å². The maximum atomic E-state index is 13.0. The van der Waals surface area contributed by atoms with Crippen LogP contribution in [0.2, 0.25) is 0 Å². The number of carbonyl (C=O) groups is 3. The molecule has 0 aliphatic heterocycles. The van der Waals surface area contributed by atoms with Gasteiger partial charge in [0.2, 0.25) is 0 Å². The molecule has 0 saturated carbocycles. The van der Waals surface area contributed by atoms with Gasteiger partial charge in [-0.2, -0.15) is 0 Å². The van der Waals surface area contributed by atoms with Gasteiger partial charge in [0.25, 0.3) is 0 Å². The Hall–Kier alpha value is -2.49. The molecule has 0 aromatic heterocycles. The van der Waals surface area contributed by atoms with Crippen molar-refractivity contribution in [2.75, 3.05) is 47.5 Å². The molecule has 9 heteroatoms. The number of quaternary nitrogens is 1. The zero-order chi connectivity index (χ0) is 69.0. The van der Waals surface area contributed by atoms with Gasteiger partial charge in [0, 0.05) is 12.8 Å². The van der Waals surface area contributed by atoms with E-state index in [0.29, 0.717) is 17.4 Å². The maximum absolute atomic E-state index is 13.0. The molecule has 2 atom stereocenters. The topological polar surface area (TPSA) is 111 Å². The summed E-state index contributed by atoms with van der Waals surface area (Å²) >= 11 is 0. The van der Waals surface area contributed by atoms with Gasteiger partial charge in [0.05, 0.1) is 40.3 Å². The fraction of sp³-hybridized carbons (Fsp3) is 0.895. The fourth-order valence-corrected chi connectivity index (χ4v) is 13.0. The van der Waals surface area contributed by atoms with Crippen molar-refractivity contribution in [1.82, 2.24) is 0 Å². The number of unbranched alkanes of at least 4 members (excludes halogenated alkanes) is 59. The molecule has 95 heavy (non-hydrogen) atoms. The van der Waals surface area contributed by atoms with Gasteiger partial charge in [0.15, 0.2) is 12.4 Å². The van der Waals surface area contributed by atoms with Crippen LogP contribution in [0.5, 0.6) is 0 Å². The van der Waals surface area contributed by atoms with Crippen LogP contribution in [0.4, 0.5) is 0 Å². The second-order valence-corrected chi connectivity index (χ2v) is 30.1. The lowest BCUT2D eigenvalue weighted by Gasteiger charge is -2.26. The first-order chi connectivity index (χ1) is 46.6. The van der Waals surface area contributed by atoms with E-state index >= 15 is 0 Å². The minimum atomic E-state index is -1.62. The average molecular weight is 1340 g/mol. The van der Waals surface area contributed by atoms with Crippen molar-refractivity contribution in [1.29, 1.82) is 0 Å². The number of carboxylic acid groups (broad SMARTS) is 1. The summed E-state index contributed by atoms with van der Waals surface area (Å²) in [6.07, 6.45) is 97.2. The molecule has 0 saturated heterocycles. The Morgan fingerprint density at radius 2 is 0.568 bits per heavy atom. The van der Waals surface area contributed by atoms with Crippen LogP contribution in [0, 0.1) is 0 Å². The van der Waals surface area contributed by atoms with Crippen LogP contribution in [-0.2, 0) is 33.3 Å². The first-order valence-electron chi connectivity index (χ1n) is 42.1. The normalized spacial score (nSPS) is 12.7. The molecule has 560 valence electrons. The molecule has 0 radical (unpaired) electrons. The summed E-state index contributed by atoms with van der Waals surface area (Å²) in [7, 11) is 5.95. The predicted molar refractivity (Wildman–Crippen MR) is 408 cm³/mol. The lowest BCUT2D eigenvalue weighted by molar-refractivity contribution is -0.870. The Bertz CT molecular complexity index is 1650. The van der Waals surface area contributed by atoms with Gasteiger partial charge >= 0.3 is 11.9 Å². The number of likely N-dealkylation sites (N-methyl/N-ethyl adjacent to an activating group) is 1. The third-order valence-corrected chi connectivity index (χ3v) is 19.4. The lowest BCUT2D eigenvalue weighted by Crippen LogP contribution is -2.44. The molecule has 0 aromatic rings. The van der Waals surface area contributed by atoms with Crippen molar-refractivity contribution in [3.8, 4) is 0 Å². The summed E-state index contributed by atoms with van der Waals surface area (Å²) in [6.45, 7) is 4.82. The Labute approximate surface area is 591 Å². The standard InChI is InChI=1S/C86H163NO8/c1-6-8-10-12-14-16-18-20-22-24-26-28-30-32-34-36-38-40-41-42-43-45-46-48-50-52-54-56-58-60-62-64-66-68-70-72-74-76-83(88)93-80-82(81-94-86(85(90)91)92-79-78-87(3,4)5)95-84(89)77-75-73-71-69-67-65-63-61-59-57-55-53-51-49-47-44-39-37-35-33-31-29-27-25-23-21-19-17-15-13-11-9-7-2/h19,21,25,27,31,33,82,86H,6-18,20,22-24,26,28-30,32,34-81H2,1-5H3/b21-19-,27-25-,33-31-. The molecule has 0 fully saturated rings. The number of nitrogens with zero attached hydrogens (tertiary/aromatic N) is 1. The van der Waals surface area contributed by atoms with E-state index in [1.54, 1.807) is 0 Å². The highest BCUT2D eigenvalue weighted by atomic mass is 16.7. The van der Waals surface area contributed by atoms with Crippen LogP contribution in [0.1, 0.15) is 438 Å². The van der Waals surface area contributed by atoms with Crippen LogP contribution in [-0.4, -0.2) is 82.3 Å². The van der Waals surface area contributed by atoms with Crippen LogP contribution >= 0.6 is 0 Å². The highest BCUT2D eigenvalue weighted by Gasteiger charge is 2.22. The van der Waals surface area contributed by atoms with Gasteiger partial charge in [0.1, 0.15) is 13.2 Å². The molecule has 0 aliphatic carbocycles. The summed E-state index contributed by atoms with van der Waals surface area (Å²) in [6, 6.07) is 0. The quantitative estimate of drug-likeness (QED) is 0.0195. The van der Waals surface area contributed by atoms with E-state index in [9.17, 15) is 19.5 Å². The first-order valence-corrected chi connectivity index (χ1v) is 42.1. The zero-order valence-electron chi connectivity index (χ0n) is 64.3. The minimum Gasteiger partial charge on any atom is -0.545 e. The number of carbonyl (C=O) groups excluding carboxylic acids is 3. The van der Waals surface area contributed by atoms with E-state index in [4.69, 9.17) is 18.9 Å². The van der Waals surface area contributed by atoms with Crippen molar-refractivity contribution in [2.24, 2.45) is 0 Å². The Morgan fingerprint density at radius 3 is 0.842 bits per heavy atom. The summed E-state index contributed by atoms with van der Waals surface area (Å²) < 4.78 is 22.9. The summed E-state index contributed by atoms with van der Waals surface area (Å²) in [5, 5.41) is 11.9. The van der Waals surface area contributed by atoms with E-state index in [2.05, 4.69) is 50.3 Å². The van der Waals surface area contributed by atoms with Crippen molar-refractivity contribution >= 4 is 17.9 Å². The number of allylic oxidation sites excluding steroid dienone is 6. The van der Waals surface area contributed by atoms with Gasteiger partial charge in [-0.05, 0) is 51.4 Å². The molecule has 0 spiro atoms. The number of ether oxygens (including phenoxy) is 4. The number of rotatable bonds is 80. The van der Waals surface area contributed by atoms with Crippen LogP contribution in [0.25, 0.3) is 0 Å². The first kappa shape index (κ1) is 92.5. The van der Waals surface area contributed by atoms with Gasteiger partial charge in [-0.15, -0.1) is 0 Å². The monoisotopic (exact) mass is 1340 g/mol. The van der Waals surface area contributed by atoms with Gasteiger partial charge in [-0.1, -0.05) is 410 Å². The van der Waals surface area contributed by atoms with E-state index in [0.717, 1.165) is 51.4 Å². The molecule has 0 amide bonds. The lowest BCUT2D eigenvalue weighted by atomic mass is 10.0. The number of hydrogen-bond donors (Lipinski definition) is 0. The molecule has 2 unspecified atom stereocenters. The smallest absolute Gasteiger partial charge is 0.306 e. The van der Waals surface area contributed by atoms with E-state index in [-0.39, 0.29) is 32.2 Å². The minimum absolute atomic E-state index is 0.151. The highest BCUT2D eigenvalue weighted by Crippen LogP contribution is 2.20. The van der Waals surface area contributed by atoms with E-state index in [1.807, 2.05) is 21.1 Å². The maximum Gasteiger partial charge on any atom is 0.306 e. The molecule has 0 rings (SSSR count). The second-order valence-electron chi connectivity index (χ2n) is 30.1. The summed E-state index contributed by atoms with van der Waals surface area (Å²) in [5.41, 5.74) is 0. The van der Waals surface area contributed by atoms with Crippen molar-refractivity contribution in [3.05, 3.63) is 36.5 Å². The molecule has 9 nitrogen and oxygen atoms in total. The van der Waals surface area contributed by atoms with Gasteiger partial charge in [-0.25, -0.2) is 0 Å². The van der Waals surface area contributed by atoms with Gasteiger partial charge < -0.3 is 33.3 Å². The van der Waals surface area contributed by atoms with E-state index in [1.165, 1.54) is 360 Å². The molecule has 0 N–H and O–H groups in total. The third-order valence-electron chi connectivity index (χ3n) is 19.4. The molecule has 0 aliphatic rings. The predicted octanol–water partition coefficient (Wildman–Crippen LogP) is 25.7. The van der Waals surface area contributed by atoms with Gasteiger partial charge in [-0.3, -0.25) is 9.59 Å². The number of hydrogen-bond acceptors (Lipinski definition) is 8. The molecular formula is C86H163NO8. The molecule has 0 heterocycles. The largest absolute Gasteiger partial charge is 0.545 e. The molecule has 0 bridgehead atoms. The Balaban J connectivity index is 3.94. The fourth-order valence-electron chi connectivity index (χ4n) is 13.0.